The van der Waals surface area contributed by atoms with Gasteiger partial charge in [0.1, 0.15) is 0 Å². The molecule has 0 aliphatic rings. The number of nitrogens with zero attached hydrogens (tertiary/aromatic N) is 2. The van der Waals surface area contributed by atoms with E-state index >= 15 is 0 Å². The maximum atomic E-state index is 10.5. The number of hydrogen-bond donors (Lipinski definition) is 1. The third-order valence-electron chi connectivity index (χ3n) is 1.55. The predicted molar refractivity (Wildman–Crippen MR) is 45.6 cm³/mol. The molecule has 0 aromatic carbocycles. The van der Waals surface area contributed by atoms with Crippen LogP contribution in [-0.4, -0.2) is 22.2 Å². The van der Waals surface area contributed by atoms with Crippen molar-refractivity contribution in [1.82, 2.24) is 15.1 Å². The van der Waals surface area contributed by atoms with Gasteiger partial charge in [0.2, 0.25) is 5.91 Å². The van der Waals surface area contributed by atoms with E-state index in [9.17, 15) is 4.79 Å². The third-order valence-corrected chi connectivity index (χ3v) is 1.55. The van der Waals surface area contributed by atoms with Crippen LogP contribution in [0.3, 0.4) is 0 Å². The quantitative estimate of drug-likeness (QED) is 0.694. The van der Waals surface area contributed by atoms with Crippen LogP contribution in [0.15, 0.2) is 12.4 Å². The van der Waals surface area contributed by atoms with Crippen LogP contribution in [0.1, 0.15) is 12.5 Å². The molecule has 66 valence electrons. The number of nitrogens with one attached hydrogen (secondary N) is 1. The first-order chi connectivity index (χ1) is 5.68. The Kier molecular flexibility index (Phi) is 2.85. The van der Waals surface area contributed by atoms with Crippen molar-refractivity contribution in [2.24, 2.45) is 7.05 Å². The molecule has 1 aromatic heterocycles. The van der Waals surface area contributed by atoms with Gasteiger partial charge in [0, 0.05) is 26.7 Å². The van der Waals surface area contributed by atoms with Crippen LogP contribution in [0.25, 0.3) is 0 Å². The fourth-order valence-electron chi connectivity index (χ4n) is 0.984. The lowest BCUT2D eigenvalue weighted by atomic mass is 10.2. The molecular weight excluding hydrogens is 154 g/mol. The third kappa shape index (κ3) is 2.74. The standard InChI is InChI=1S/C8H13N3O/c1-7(12)9-4-3-8-5-10-11(2)6-8/h5-6H,3-4H2,1-2H3,(H,9,12). The fourth-order valence-corrected chi connectivity index (χ4v) is 0.984. The molecule has 0 bridgehead atoms. The largest absolute Gasteiger partial charge is 0.356 e. The topological polar surface area (TPSA) is 46.9 Å². The summed E-state index contributed by atoms with van der Waals surface area (Å²) < 4.78 is 1.75. The zero-order valence-electron chi connectivity index (χ0n) is 7.37. The molecule has 4 heteroatoms. The molecule has 0 fully saturated rings. The molecule has 12 heavy (non-hydrogen) atoms. The molecule has 0 aliphatic carbocycles. The van der Waals surface area contributed by atoms with E-state index in [1.807, 2.05) is 19.4 Å². The molecule has 0 radical (unpaired) electrons. The molecule has 1 heterocycles. The van der Waals surface area contributed by atoms with Crippen LogP contribution in [0.2, 0.25) is 0 Å². The Morgan fingerprint density at radius 3 is 3.00 bits per heavy atom. The summed E-state index contributed by atoms with van der Waals surface area (Å²) in [5.41, 5.74) is 1.14. The normalized spacial score (nSPS) is 9.83. The van der Waals surface area contributed by atoms with Crippen LogP contribution in [0.4, 0.5) is 0 Å². The van der Waals surface area contributed by atoms with Crippen molar-refractivity contribution in [3.05, 3.63) is 18.0 Å². The first kappa shape index (κ1) is 8.77. The van der Waals surface area contributed by atoms with E-state index in [4.69, 9.17) is 0 Å². The first-order valence-corrected chi connectivity index (χ1v) is 3.90. The van der Waals surface area contributed by atoms with Gasteiger partial charge in [-0.05, 0) is 12.0 Å². The summed E-state index contributed by atoms with van der Waals surface area (Å²) in [5, 5.41) is 6.75. The minimum atomic E-state index is 0.0129. The van der Waals surface area contributed by atoms with Gasteiger partial charge in [0.15, 0.2) is 0 Å². The number of hydrogen-bond acceptors (Lipinski definition) is 2. The molecule has 0 aliphatic heterocycles. The highest BCUT2D eigenvalue weighted by Gasteiger charge is 1.95. The van der Waals surface area contributed by atoms with Crippen molar-refractivity contribution in [2.75, 3.05) is 6.54 Å². The summed E-state index contributed by atoms with van der Waals surface area (Å²) in [6.45, 7) is 2.20. The highest BCUT2D eigenvalue weighted by molar-refractivity contribution is 5.72. The fraction of sp³-hybridized carbons (Fsp3) is 0.500. The Hall–Kier alpha value is -1.32. The molecule has 0 saturated heterocycles. The van der Waals surface area contributed by atoms with E-state index in [1.165, 1.54) is 6.92 Å². The highest BCUT2D eigenvalue weighted by Crippen LogP contribution is 1.95. The lowest BCUT2D eigenvalue weighted by molar-refractivity contribution is -0.118. The molecule has 1 rings (SSSR count). The number of aryl methyl sites for hydroxylation is 1. The van der Waals surface area contributed by atoms with Crippen molar-refractivity contribution in [1.29, 1.82) is 0 Å². The van der Waals surface area contributed by atoms with Crippen LogP contribution >= 0.6 is 0 Å². The van der Waals surface area contributed by atoms with Gasteiger partial charge in [0.05, 0.1) is 6.20 Å². The molecule has 0 saturated carbocycles. The molecule has 0 unspecified atom stereocenters. The van der Waals surface area contributed by atoms with Crippen LogP contribution in [0, 0.1) is 0 Å². The second-order valence-corrected chi connectivity index (χ2v) is 2.76. The lowest BCUT2D eigenvalue weighted by Gasteiger charge is -1.98. The Bertz CT molecular complexity index is 267. The molecule has 1 aromatic rings. The lowest BCUT2D eigenvalue weighted by Crippen LogP contribution is -2.22. The molecule has 0 atom stereocenters. The molecule has 1 amide bonds. The first-order valence-electron chi connectivity index (χ1n) is 3.90. The Balaban J connectivity index is 2.29. The van der Waals surface area contributed by atoms with E-state index in [2.05, 4.69) is 10.4 Å². The van der Waals surface area contributed by atoms with E-state index in [0.29, 0.717) is 6.54 Å². The second kappa shape index (κ2) is 3.90. The Morgan fingerprint density at radius 1 is 1.75 bits per heavy atom. The SMILES string of the molecule is CC(=O)NCCc1cnn(C)c1. The van der Waals surface area contributed by atoms with Crippen molar-refractivity contribution >= 4 is 5.91 Å². The Labute approximate surface area is 71.6 Å². The minimum absolute atomic E-state index is 0.0129. The van der Waals surface area contributed by atoms with Crippen LogP contribution in [0.5, 0.6) is 0 Å². The predicted octanol–water partition coefficient (Wildman–Crippen LogP) is 0.0987. The van der Waals surface area contributed by atoms with Crippen LogP contribution < -0.4 is 5.32 Å². The second-order valence-electron chi connectivity index (χ2n) is 2.76. The molecule has 4 nitrogen and oxygen atoms in total. The molecule has 0 spiro atoms. The summed E-state index contributed by atoms with van der Waals surface area (Å²) in [5.74, 6) is 0.0129. The molecule has 1 N–H and O–H groups in total. The smallest absolute Gasteiger partial charge is 0.216 e. The number of rotatable bonds is 3. The van der Waals surface area contributed by atoms with Crippen molar-refractivity contribution < 1.29 is 4.79 Å². The summed E-state index contributed by atoms with van der Waals surface area (Å²) in [6, 6.07) is 0. The molecular formula is C8H13N3O. The van der Waals surface area contributed by atoms with Gasteiger partial charge in [-0.25, -0.2) is 0 Å². The van der Waals surface area contributed by atoms with Gasteiger partial charge >= 0.3 is 0 Å². The zero-order chi connectivity index (χ0) is 8.97. The summed E-state index contributed by atoms with van der Waals surface area (Å²) in [4.78, 5) is 10.5. The maximum Gasteiger partial charge on any atom is 0.216 e. The summed E-state index contributed by atoms with van der Waals surface area (Å²) in [7, 11) is 1.88. The van der Waals surface area contributed by atoms with E-state index in [0.717, 1.165) is 12.0 Å². The van der Waals surface area contributed by atoms with Crippen molar-refractivity contribution in [3.63, 3.8) is 0 Å². The summed E-state index contributed by atoms with van der Waals surface area (Å²) in [6.07, 6.45) is 4.59. The van der Waals surface area contributed by atoms with Gasteiger partial charge in [-0.2, -0.15) is 5.10 Å². The minimum Gasteiger partial charge on any atom is -0.356 e. The van der Waals surface area contributed by atoms with Gasteiger partial charge in [-0.3, -0.25) is 9.48 Å². The maximum absolute atomic E-state index is 10.5. The van der Waals surface area contributed by atoms with E-state index in [-0.39, 0.29) is 5.91 Å². The average molecular weight is 167 g/mol. The average Bonchev–Trinajstić information content (AvgIpc) is 2.35. The highest BCUT2D eigenvalue weighted by atomic mass is 16.1. The number of carbonyl (C=O) groups is 1. The van der Waals surface area contributed by atoms with E-state index in [1.54, 1.807) is 4.68 Å². The summed E-state index contributed by atoms with van der Waals surface area (Å²) >= 11 is 0. The van der Waals surface area contributed by atoms with Gasteiger partial charge < -0.3 is 5.32 Å². The monoisotopic (exact) mass is 167 g/mol. The van der Waals surface area contributed by atoms with Gasteiger partial charge in [-0.15, -0.1) is 0 Å². The number of carbonyl (C=O) groups excluding carboxylic acids is 1. The number of amides is 1. The van der Waals surface area contributed by atoms with Crippen LogP contribution in [-0.2, 0) is 18.3 Å². The van der Waals surface area contributed by atoms with E-state index < -0.39 is 0 Å². The van der Waals surface area contributed by atoms with Gasteiger partial charge in [-0.1, -0.05) is 0 Å². The van der Waals surface area contributed by atoms with Crippen molar-refractivity contribution in [2.45, 2.75) is 13.3 Å². The number of aromatic nitrogens is 2. The van der Waals surface area contributed by atoms with Gasteiger partial charge in [0.25, 0.3) is 0 Å². The van der Waals surface area contributed by atoms with Crippen molar-refractivity contribution in [3.8, 4) is 0 Å². The Morgan fingerprint density at radius 2 is 2.50 bits per heavy atom. The zero-order valence-corrected chi connectivity index (χ0v) is 7.37.